The summed E-state index contributed by atoms with van der Waals surface area (Å²) < 4.78 is 0. The minimum atomic E-state index is 0.598. The molecule has 5 heteroatoms. The van der Waals surface area contributed by atoms with Crippen LogP contribution in [0.4, 0.5) is 11.6 Å². The van der Waals surface area contributed by atoms with Gasteiger partial charge < -0.3 is 15.5 Å². The van der Waals surface area contributed by atoms with Crippen molar-refractivity contribution < 1.29 is 0 Å². The van der Waals surface area contributed by atoms with E-state index in [1.54, 1.807) is 0 Å². The number of aryl methyl sites for hydroxylation is 1. The highest BCUT2D eigenvalue weighted by Crippen LogP contribution is 2.12. The van der Waals surface area contributed by atoms with Crippen molar-refractivity contribution in [1.29, 1.82) is 0 Å². The maximum atomic E-state index is 4.58. The molecule has 0 radical (unpaired) electrons. The number of aromatic nitrogens is 2. The van der Waals surface area contributed by atoms with E-state index in [4.69, 9.17) is 0 Å². The van der Waals surface area contributed by atoms with E-state index in [1.807, 2.05) is 6.07 Å². The van der Waals surface area contributed by atoms with Crippen LogP contribution in [0.5, 0.6) is 0 Å². The third kappa shape index (κ3) is 6.76. The van der Waals surface area contributed by atoms with Crippen molar-refractivity contribution in [2.45, 2.75) is 53.0 Å². The molecule has 0 atom stereocenters. The van der Waals surface area contributed by atoms with Crippen LogP contribution in [-0.4, -0.2) is 47.6 Å². The summed E-state index contributed by atoms with van der Waals surface area (Å²) in [5.41, 5.74) is 0. The smallest absolute Gasteiger partial charge is 0.133 e. The van der Waals surface area contributed by atoms with E-state index < -0.39 is 0 Å². The number of nitrogens with one attached hydrogen (secondary N) is 2. The van der Waals surface area contributed by atoms with Crippen LogP contribution >= 0.6 is 0 Å². The van der Waals surface area contributed by atoms with Crippen molar-refractivity contribution in [1.82, 2.24) is 14.9 Å². The maximum absolute atomic E-state index is 4.58. The highest BCUT2D eigenvalue weighted by molar-refractivity contribution is 5.47. The van der Waals surface area contributed by atoms with Gasteiger partial charge in [-0.2, -0.15) is 0 Å². The second kappa shape index (κ2) is 9.55. The van der Waals surface area contributed by atoms with Gasteiger partial charge in [-0.15, -0.1) is 0 Å². The lowest BCUT2D eigenvalue weighted by Gasteiger charge is -2.20. The molecule has 0 aliphatic heterocycles. The van der Waals surface area contributed by atoms with Gasteiger partial charge in [0, 0.05) is 31.6 Å². The monoisotopic (exact) mass is 293 g/mol. The van der Waals surface area contributed by atoms with Gasteiger partial charge >= 0.3 is 0 Å². The third-order valence-corrected chi connectivity index (χ3v) is 3.48. The van der Waals surface area contributed by atoms with E-state index in [9.17, 15) is 0 Å². The van der Waals surface area contributed by atoms with Gasteiger partial charge in [-0.05, 0) is 47.2 Å². The van der Waals surface area contributed by atoms with Crippen molar-refractivity contribution in [3.8, 4) is 0 Å². The second-order valence-corrected chi connectivity index (χ2v) is 5.69. The fourth-order valence-corrected chi connectivity index (χ4v) is 2.00. The first-order valence-corrected chi connectivity index (χ1v) is 8.12. The zero-order valence-corrected chi connectivity index (χ0v) is 14.2. The number of rotatable bonds is 10. The zero-order valence-electron chi connectivity index (χ0n) is 14.2. The summed E-state index contributed by atoms with van der Waals surface area (Å²) in [6.07, 6.45) is 3.09. The van der Waals surface area contributed by atoms with E-state index in [0.717, 1.165) is 56.4 Å². The fourth-order valence-electron chi connectivity index (χ4n) is 2.00. The molecule has 0 unspecified atom stereocenters. The van der Waals surface area contributed by atoms with Gasteiger partial charge in [0.1, 0.15) is 17.5 Å². The molecule has 1 rings (SSSR count). The summed E-state index contributed by atoms with van der Waals surface area (Å²) in [7, 11) is 2.16. The summed E-state index contributed by atoms with van der Waals surface area (Å²) in [6.45, 7) is 11.6. The van der Waals surface area contributed by atoms with Gasteiger partial charge in [0.05, 0.1) is 0 Å². The highest BCUT2D eigenvalue weighted by atomic mass is 15.1. The average Bonchev–Trinajstić information content (AvgIpc) is 2.44. The SMILES string of the molecule is CCCc1nc(NCC)cc(NCCCN(C)C(C)C)n1. The van der Waals surface area contributed by atoms with E-state index in [0.29, 0.717) is 6.04 Å². The van der Waals surface area contributed by atoms with Gasteiger partial charge in [-0.1, -0.05) is 6.92 Å². The van der Waals surface area contributed by atoms with Gasteiger partial charge in [0.25, 0.3) is 0 Å². The first-order valence-electron chi connectivity index (χ1n) is 8.12. The summed E-state index contributed by atoms with van der Waals surface area (Å²) in [4.78, 5) is 11.5. The van der Waals surface area contributed by atoms with Crippen molar-refractivity contribution in [3.63, 3.8) is 0 Å². The number of hydrogen-bond donors (Lipinski definition) is 2. The summed E-state index contributed by atoms with van der Waals surface area (Å²) >= 11 is 0. The molecule has 0 aliphatic carbocycles. The summed E-state index contributed by atoms with van der Waals surface area (Å²) in [5.74, 6) is 2.76. The quantitative estimate of drug-likeness (QED) is 0.650. The van der Waals surface area contributed by atoms with Crippen molar-refractivity contribution in [2.75, 3.05) is 37.3 Å². The van der Waals surface area contributed by atoms with Crippen LogP contribution in [0.15, 0.2) is 6.07 Å². The van der Waals surface area contributed by atoms with Crippen molar-refractivity contribution in [2.24, 2.45) is 0 Å². The van der Waals surface area contributed by atoms with E-state index >= 15 is 0 Å². The van der Waals surface area contributed by atoms with Crippen molar-refractivity contribution >= 4 is 11.6 Å². The maximum Gasteiger partial charge on any atom is 0.133 e. The predicted molar refractivity (Wildman–Crippen MR) is 91.1 cm³/mol. The fraction of sp³-hybridized carbons (Fsp3) is 0.750. The van der Waals surface area contributed by atoms with Crippen LogP contribution in [-0.2, 0) is 6.42 Å². The van der Waals surface area contributed by atoms with Gasteiger partial charge in [-0.3, -0.25) is 0 Å². The van der Waals surface area contributed by atoms with Crippen LogP contribution in [0, 0.1) is 0 Å². The Morgan fingerprint density at radius 2 is 1.81 bits per heavy atom. The molecule has 21 heavy (non-hydrogen) atoms. The standard InChI is InChI=1S/C16H31N5/c1-6-9-14-19-15(17-7-2)12-16(20-14)18-10-8-11-21(5)13(3)4/h12-13H,6-11H2,1-5H3,(H2,17,18,19,20). The first kappa shape index (κ1) is 17.7. The van der Waals surface area contributed by atoms with Gasteiger partial charge in [-0.25, -0.2) is 9.97 Å². The molecule has 0 aromatic carbocycles. The van der Waals surface area contributed by atoms with Crippen molar-refractivity contribution in [3.05, 3.63) is 11.9 Å². The Labute approximate surface area is 129 Å². The molecule has 0 spiro atoms. The predicted octanol–water partition coefficient (Wildman–Crippen LogP) is 3.00. The third-order valence-electron chi connectivity index (χ3n) is 3.48. The molecule has 0 aliphatic rings. The lowest BCUT2D eigenvalue weighted by atomic mass is 10.3. The molecule has 5 nitrogen and oxygen atoms in total. The molecule has 1 aromatic heterocycles. The molecule has 0 saturated carbocycles. The van der Waals surface area contributed by atoms with Gasteiger partial charge in [0.15, 0.2) is 0 Å². The molecule has 0 fully saturated rings. The second-order valence-electron chi connectivity index (χ2n) is 5.69. The zero-order chi connectivity index (χ0) is 15.7. The molecular formula is C16H31N5. The Kier molecular flexibility index (Phi) is 8.05. The van der Waals surface area contributed by atoms with Gasteiger partial charge in [0.2, 0.25) is 0 Å². The molecule has 120 valence electrons. The number of nitrogens with zero attached hydrogens (tertiary/aromatic N) is 3. The molecule has 0 bridgehead atoms. The molecule has 1 aromatic rings. The van der Waals surface area contributed by atoms with Crippen LogP contribution in [0.25, 0.3) is 0 Å². The topological polar surface area (TPSA) is 53.1 Å². The Balaban J connectivity index is 2.52. The summed E-state index contributed by atoms with van der Waals surface area (Å²) in [6, 6.07) is 2.59. The minimum Gasteiger partial charge on any atom is -0.370 e. The van der Waals surface area contributed by atoms with Crippen LogP contribution in [0.1, 0.15) is 46.4 Å². The minimum absolute atomic E-state index is 0.598. The number of hydrogen-bond acceptors (Lipinski definition) is 5. The first-order chi connectivity index (χ1) is 10.1. The average molecular weight is 293 g/mol. The molecular weight excluding hydrogens is 262 g/mol. The van der Waals surface area contributed by atoms with Crippen LogP contribution < -0.4 is 10.6 Å². The molecule has 0 amide bonds. The molecule has 0 saturated heterocycles. The lowest BCUT2D eigenvalue weighted by molar-refractivity contribution is 0.273. The Morgan fingerprint density at radius 3 is 2.38 bits per heavy atom. The van der Waals surface area contributed by atoms with E-state index in [1.165, 1.54) is 0 Å². The van der Waals surface area contributed by atoms with E-state index in [-0.39, 0.29) is 0 Å². The Hall–Kier alpha value is -1.36. The van der Waals surface area contributed by atoms with E-state index in [2.05, 4.69) is 60.2 Å². The lowest BCUT2D eigenvalue weighted by Crippen LogP contribution is -2.28. The normalized spacial score (nSPS) is 11.2. The highest BCUT2D eigenvalue weighted by Gasteiger charge is 2.05. The van der Waals surface area contributed by atoms with Crippen LogP contribution in [0.3, 0.4) is 0 Å². The summed E-state index contributed by atoms with van der Waals surface area (Å²) in [5, 5.41) is 6.69. The molecule has 2 N–H and O–H groups in total. The molecule has 1 heterocycles. The Morgan fingerprint density at radius 1 is 1.14 bits per heavy atom. The van der Waals surface area contributed by atoms with Crippen LogP contribution in [0.2, 0.25) is 0 Å². The Bertz CT molecular complexity index is 381. The number of anilines is 2. The largest absolute Gasteiger partial charge is 0.370 e.